The normalized spacial score (nSPS) is 11.6. The molecule has 0 aliphatic carbocycles. The van der Waals surface area contributed by atoms with Crippen molar-refractivity contribution in [3.63, 3.8) is 0 Å². The SMILES string of the molecule is CC=Cc1ccc(-c2cc(C)cc(C)c2C)[n+](CCc2cc3ccccc3[n+](C)c2-c2ccccc2C)c1C. The summed E-state index contributed by atoms with van der Waals surface area (Å²) in [6, 6.07) is 29.1. The van der Waals surface area contributed by atoms with Crippen LogP contribution in [0, 0.1) is 34.6 Å². The van der Waals surface area contributed by atoms with Crippen LogP contribution in [0.25, 0.3) is 39.5 Å². The molecule has 0 spiro atoms. The molecule has 0 fully saturated rings. The third kappa shape index (κ3) is 5.04. The van der Waals surface area contributed by atoms with Crippen molar-refractivity contribution in [2.75, 3.05) is 0 Å². The van der Waals surface area contributed by atoms with E-state index in [4.69, 9.17) is 0 Å². The summed E-state index contributed by atoms with van der Waals surface area (Å²) in [7, 11) is 2.21. The molecule has 0 saturated carbocycles. The second-order valence-corrected chi connectivity index (χ2v) is 10.9. The largest absolute Gasteiger partial charge is 0.216 e. The van der Waals surface area contributed by atoms with E-state index in [-0.39, 0.29) is 0 Å². The molecule has 0 unspecified atom stereocenters. The zero-order valence-electron chi connectivity index (χ0n) is 24.5. The zero-order valence-corrected chi connectivity index (χ0v) is 24.5. The lowest BCUT2D eigenvalue weighted by atomic mass is 9.95. The van der Waals surface area contributed by atoms with E-state index in [0.29, 0.717) is 0 Å². The number of nitrogens with zero attached hydrogens (tertiary/aromatic N) is 2. The Kier molecular flexibility index (Phi) is 7.48. The standard InChI is InChI=1S/C37H40N2/c1-8-13-30-18-19-36(34-23-25(2)22-27(4)28(34)5)39(29(30)6)21-20-32-24-31-15-10-12-17-35(31)38(7)37(32)33-16-11-9-14-26(33)3/h8-19,22-24H,20-21H2,1-7H3/q+2. The molecule has 39 heavy (non-hydrogen) atoms. The van der Waals surface area contributed by atoms with Gasteiger partial charge in [0, 0.05) is 53.1 Å². The summed E-state index contributed by atoms with van der Waals surface area (Å²) in [5.74, 6) is 0. The van der Waals surface area contributed by atoms with Gasteiger partial charge in [0.2, 0.25) is 16.9 Å². The Morgan fingerprint density at radius 1 is 0.744 bits per heavy atom. The predicted octanol–water partition coefficient (Wildman–Crippen LogP) is 8.10. The summed E-state index contributed by atoms with van der Waals surface area (Å²) in [5, 5.41) is 1.28. The third-order valence-corrected chi connectivity index (χ3v) is 8.24. The fraction of sp³-hybridized carbons (Fsp3) is 0.243. The summed E-state index contributed by atoms with van der Waals surface area (Å²) in [6.07, 6.45) is 5.29. The highest BCUT2D eigenvalue weighted by Crippen LogP contribution is 2.29. The number of fused-ring (bicyclic) bond motifs is 1. The molecular weight excluding hydrogens is 472 g/mol. The highest BCUT2D eigenvalue weighted by molar-refractivity contribution is 5.79. The first-order valence-corrected chi connectivity index (χ1v) is 14.0. The van der Waals surface area contributed by atoms with Crippen LogP contribution in [0.5, 0.6) is 0 Å². The van der Waals surface area contributed by atoms with Gasteiger partial charge in [0.15, 0.2) is 12.2 Å². The van der Waals surface area contributed by atoms with Gasteiger partial charge in [-0.1, -0.05) is 54.1 Å². The van der Waals surface area contributed by atoms with Gasteiger partial charge in [-0.2, -0.15) is 9.13 Å². The Labute approximate surface area is 233 Å². The van der Waals surface area contributed by atoms with E-state index in [1.54, 1.807) is 0 Å². The van der Waals surface area contributed by atoms with Crippen molar-refractivity contribution < 1.29 is 9.13 Å². The summed E-state index contributed by atoms with van der Waals surface area (Å²) < 4.78 is 4.92. The fourth-order valence-corrected chi connectivity index (χ4v) is 6.02. The van der Waals surface area contributed by atoms with Crippen LogP contribution in [0.2, 0.25) is 0 Å². The van der Waals surface area contributed by atoms with Gasteiger partial charge in [0.1, 0.15) is 7.05 Å². The lowest BCUT2D eigenvalue weighted by Crippen LogP contribution is -2.42. The van der Waals surface area contributed by atoms with Crippen LogP contribution in [0.1, 0.15) is 46.0 Å². The van der Waals surface area contributed by atoms with Crippen LogP contribution in [-0.4, -0.2) is 0 Å². The number of allylic oxidation sites excluding steroid dienone is 1. The van der Waals surface area contributed by atoms with E-state index >= 15 is 0 Å². The Balaban J connectivity index is 1.69. The second kappa shape index (κ2) is 11.0. The molecule has 196 valence electrons. The molecule has 2 nitrogen and oxygen atoms in total. The number of hydrogen-bond acceptors (Lipinski definition) is 0. The average Bonchev–Trinajstić information content (AvgIpc) is 2.92. The third-order valence-electron chi connectivity index (χ3n) is 8.24. The van der Waals surface area contributed by atoms with E-state index in [0.717, 1.165) is 13.0 Å². The van der Waals surface area contributed by atoms with Gasteiger partial charge >= 0.3 is 0 Å². The topological polar surface area (TPSA) is 7.76 Å². The summed E-state index contributed by atoms with van der Waals surface area (Å²) in [5.41, 5.74) is 15.7. The molecule has 0 N–H and O–H groups in total. The van der Waals surface area contributed by atoms with Crippen molar-refractivity contribution in [1.82, 2.24) is 0 Å². The molecule has 0 atom stereocenters. The first-order valence-electron chi connectivity index (χ1n) is 14.0. The highest BCUT2D eigenvalue weighted by Gasteiger charge is 2.25. The molecule has 5 aromatic rings. The maximum atomic E-state index is 2.54. The predicted molar refractivity (Wildman–Crippen MR) is 165 cm³/mol. The Bertz CT molecular complexity index is 1720. The van der Waals surface area contributed by atoms with E-state index in [2.05, 4.69) is 149 Å². The van der Waals surface area contributed by atoms with E-state index in [9.17, 15) is 0 Å². The molecule has 0 amide bonds. The molecule has 0 aliphatic rings. The van der Waals surface area contributed by atoms with Crippen LogP contribution in [0.4, 0.5) is 0 Å². The minimum atomic E-state index is 0.899. The lowest BCUT2D eigenvalue weighted by molar-refractivity contribution is -0.692. The smallest absolute Gasteiger partial charge is 0.195 e. The number of pyridine rings is 2. The Hall–Kier alpha value is -4.04. The highest BCUT2D eigenvalue weighted by atomic mass is 15.0. The minimum Gasteiger partial charge on any atom is -0.195 e. The number of aromatic nitrogens is 2. The lowest BCUT2D eigenvalue weighted by Gasteiger charge is -2.15. The molecule has 2 heteroatoms. The van der Waals surface area contributed by atoms with Gasteiger partial charge in [-0.05, 0) is 81.6 Å². The van der Waals surface area contributed by atoms with Crippen molar-refractivity contribution in [3.8, 4) is 22.5 Å². The first kappa shape index (κ1) is 26.6. The number of benzene rings is 3. The van der Waals surface area contributed by atoms with Crippen LogP contribution in [-0.2, 0) is 20.0 Å². The molecule has 5 rings (SSSR count). The molecule has 0 radical (unpaired) electrons. The van der Waals surface area contributed by atoms with Gasteiger partial charge in [0.05, 0.1) is 0 Å². The molecule has 2 heterocycles. The second-order valence-electron chi connectivity index (χ2n) is 10.9. The van der Waals surface area contributed by atoms with Crippen molar-refractivity contribution in [2.24, 2.45) is 7.05 Å². The maximum Gasteiger partial charge on any atom is 0.216 e. The monoisotopic (exact) mass is 512 g/mol. The van der Waals surface area contributed by atoms with Gasteiger partial charge in [0.25, 0.3) is 0 Å². The summed E-state index contributed by atoms with van der Waals surface area (Å²) in [6.45, 7) is 14.1. The van der Waals surface area contributed by atoms with Crippen molar-refractivity contribution in [2.45, 2.75) is 54.5 Å². The quantitative estimate of drug-likeness (QED) is 0.203. The van der Waals surface area contributed by atoms with Gasteiger partial charge in [-0.25, -0.2) is 0 Å². The van der Waals surface area contributed by atoms with Crippen molar-refractivity contribution in [1.29, 1.82) is 0 Å². The van der Waals surface area contributed by atoms with Crippen molar-refractivity contribution in [3.05, 3.63) is 124 Å². The molecular formula is C37H40N2+2. The molecule has 0 aliphatic heterocycles. The number of aryl methyl sites for hydroxylation is 5. The van der Waals surface area contributed by atoms with Gasteiger partial charge in [-0.3, -0.25) is 0 Å². The van der Waals surface area contributed by atoms with E-state index < -0.39 is 0 Å². The average molecular weight is 513 g/mol. The molecule has 3 aromatic carbocycles. The van der Waals surface area contributed by atoms with Crippen LogP contribution < -0.4 is 9.13 Å². The summed E-state index contributed by atoms with van der Waals surface area (Å²) >= 11 is 0. The van der Waals surface area contributed by atoms with E-state index in [1.165, 1.54) is 72.5 Å². The maximum absolute atomic E-state index is 2.54. The first-order chi connectivity index (χ1) is 18.8. The number of para-hydroxylation sites is 1. The van der Waals surface area contributed by atoms with Gasteiger partial charge < -0.3 is 0 Å². The fourth-order valence-electron chi connectivity index (χ4n) is 6.02. The Morgan fingerprint density at radius 3 is 2.26 bits per heavy atom. The Morgan fingerprint density at radius 2 is 1.49 bits per heavy atom. The van der Waals surface area contributed by atoms with E-state index in [1.807, 2.05) is 0 Å². The van der Waals surface area contributed by atoms with Gasteiger partial charge in [-0.15, -0.1) is 0 Å². The zero-order chi connectivity index (χ0) is 27.7. The molecule has 0 bridgehead atoms. The van der Waals surface area contributed by atoms with Crippen LogP contribution >= 0.6 is 0 Å². The molecule has 0 saturated heterocycles. The number of hydrogen-bond donors (Lipinski definition) is 0. The molecule has 2 aromatic heterocycles. The minimum absolute atomic E-state index is 0.899. The van der Waals surface area contributed by atoms with Crippen molar-refractivity contribution >= 4 is 17.0 Å². The summed E-state index contributed by atoms with van der Waals surface area (Å²) in [4.78, 5) is 0. The number of rotatable bonds is 6. The van der Waals surface area contributed by atoms with Crippen LogP contribution in [0.15, 0.2) is 84.9 Å². The van der Waals surface area contributed by atoms with Crippen LogP contribution in [0.3, 0.4) is 0 Å².